The van der Waals surface area contributed by atoms with Crippen molar-refractivity contribution in [3.8, 4) is 0 Å². The van der Waals surface area contributed by atoms with E-state index < -0.39 is 42.3 Å². The van der Waals surface area contributed by atoms with Gasteiger partial charge < -0.3 is 23.7 Å². The van der Waals surface area contributed by atoms with Crippen LogP contribution >= 0.6 is 0 Å². The normalized spacial score (nSPS) is 9.92. The highest BCUT2D eigenvalue weighted by Crippen LogP contribution is 2.25. The Morgan fingerprint density at radius 2 is 1.04 bits per heavy atom. The van der Waals surface area contributed by atoms with Crippen molar-refractivity contribution in [3.05, 3.63) is 0 Å². The first-order valence-corrected chi connectivity index (χ1v) is 8.19. The minimum Gasteiger partial charge on any atom is -0.466 e. The summed E-state index contributed by atoms with van der Waals surface area (Å²) in [7, 11) is 0. The van der Waals surface area contributed by atoms with Crippen molar-refractivity contribution in [2.45, 2.75) is 60.0 Å². The molecule has 0 rings (SSSR count). The van der Waals surface area contributed by atoms with E-state index in [0.29, 0.717) is 0 Å². The zero-order chi connectivity index (χ0) is 20.8. The summed E-state index contributed by atoms with van der Waals surface area (Å²) in [5.41, 5.74) is -2.08. The van der Waals surface area contributed by atoms with Gasteiger partial charge >= 0.3 is 23.9 Å². The van der Waals surface area contributed by atoms with Gasteiger partial charge in [-0.25, -0.2) is 4.79 Å². The molecule has 0 aliphatic carbocycles. The number of Topliss-reactive ketones (excluding diaryl/α,β-unsaturated/α-hetero) is 1. The second kappa shape index (κ2) is 13.8. The Kier molecular flexibility index (Phi) is 13.7. The highest BCUT2D eigenvalue weighted by molar-refractivity contribution is 5.92. The summed E-state index contributed by atoms with van der Waals surface area (Å²) >= 11 is 0. The van der Waals surface area contributed by atoms with Crippen LogP contribution in [0.3, 0.4) is 0 Å². The van der Waals surface area contributed by atoms with Crippen molar-refractivity contribution in [2.24, 2.45) is 0 Å². The minimum absolute atomic E-state index is 0.00645. The highest BCUT2D eigenvalue weighted by Gasteiger charge is 2.48. The van der Waals surface area contributed by atoms with Crippen molar-refractivity contribution in [2.75, 3.05) is 19.8 Å². The van der Waals surface area contributed by atoms with Crippen LogP contribution in [0.2, 0.25) is 0 Å². The molecule has 0 atom stereocenters. The van der Waals surface area contributed by atoms with Crippen molar-refractivity contribution < 1.29 is 42.9 Å². The van der Waals surface area contributed by atoms with Crippen LogP contribution in [0.5, 0.6) is 0 Å². The molecule has 0 heterocycles. The molecule has 0 fully saturated rings. The van der Waals surface area contributed by atoms with Crippen molar-refractivity contribution in [1.82, 2.24) is 0 Å². The fraction of sp³-hybridized carbons (Fsp3) is 0.706. The molecule has 26 heavy (non-hydrogen) atoms. The Labute approximate surface area is 153 Å². The maximum atomic E-state index is 12.2. The topological polar surface area (TPSA) is 122 Å². The van der Waals surface area contributed by atoms with Crippen molar-refractivity contribution >= 4 is 29.7 Å². The van der Waals surface area contributed by atoms with Gasteiger partial charge in [-0.3, -0.25) is 14.4 Å². The Bertz CT molecular complexity index is 472. The van der Waals surface area contributed by atoms with Crippen molar-refractivity contribution in [3.63, 3.8) is 0 Å². The molecule has 0 amide bonds. The average molecular weight is 376 g/mol. The summed E-state index contributed by atoms with van der Waals surface area (Å²) < 4.78 is 19.3. The molecular formula is C17H28O9. The molecule has 0 aromatic carbocycles. The maximum Gasteiger partial charge on any atom is 0.351 e. The van der Waals surface area contributed by atoms with E-state index in [9.17, 15) is 24.0 Å². The first-order valence-electron chi connectivity index (χ1n) is 8.19. The van der Waals surface area contributed by atoms with E-state index in [1.807, 2.05) is 0 Å². The quantitative estimate of drug-likeness (QED) is 0.433. The summed E-state index contributed by atoms with van der Waals surface area (Å²) in [6.07, 6.45) is -1.25. The van der Waals surface area contributed by atoms with Gasteiger partial charge in [-0.2, -0.15) is 0 Å². The van der Waals surface area contributed by atoms with Crippen LogP contribution < -0.4 is 0 Å². The molecule has 0 aliphatic rings. The number of hydrogen-bond acceptors (Lipinski definition) is 9. The monoisotopic (exact) mass is 376 g/mol. The van der Waals surface area contributed by atoms with Crippen molar-refractivity contribution in [1.29, 1.82) is 0 Å². The van der Waals surface area contributed by atoms with Gasteiger partial charge in [-0.15, -0.1) is 0 Å². The molecule has 0 aliphatic heterocycles. The first kappa shape index (κ1) is 25.8. The summed E-state index contributed by atoms with van der Waals surface area (Å²) in [6.45, 7) is 8.99. The van der Waals surface area contributed by atoms with E-state index in [4.69, 9.17) is 18.9 Å². The number of hydrogen-bond donors (Lipinski definition) is 0. The summed E-state index contributed by atoms with van der Waals surface area (Å²) in [5.74, 6) is -3.24. The van der Waals surface area contributed by atoms with Crippen LogP contribution in [0.15, 0.2) is 0 Å². The smallest absolute Gasteiger partial charge is 0.351 e. The number of ketones is 1. The lowest BCUT2D eigenvalue weighted by Gasteiger charge is -2.28. The van der Waals surface area contributed by atoms with Gasteiger partial charge in [0.2, 0.25) is 5.60 Å². The van der Waals surface area contributed by atoms with Gasteiger partial charge in [0.05, 0.1) is 32.7 Å². The largest absolute Gasteiger partial charge is 0.466 e. The van der Waals surface area contributed by atoms with Crippen LogP contribution in [-0.4, -0.2) is 55.1 Å². The third kappa shape index (κ3) is 12.0. The fourth-order valence-corrected chi connectivity index (χ4v) is 1.75. The number of carbonyl (C=O) groups is 5. The second-order valence-electron chi connectivity index (χ2n) is 5.18. The van der Waals surface area contributed by atoms with Gasteiger partial charge in [0.15, 0.2) is 0 Å². The molecular weight excluding hydrogens is 348 g/mol. The molecule has 0 unspecified atom stereocenters. The predicted octanol–water partition coefficient (Wildman–Crippen LogP) is 1.35. The van der Waals surface area contributed by atoms with Crippen LogP contribution in [-0.2, 0) is 42.9 Å². The third-order valence-electron chi connectivity index (χ3n) is 2.46. The van der Waals surface area contributed by atoms with E-state index in [2.05, 4.69) is 0 Å². The standard InChI is InChI=1S/C14H22O8.C3H6O/c1-5-19-11(16)8-14(22-10(4)15,13(18)21-7-3)9-12(17)20-6-2;1-3(2)4/h5-9H2,1-4H3;1-2H3. The van der Waals surface area contributed by atoms with E-state index >= 15 is 0 Å². The molecule has 0 aromatic heterocycles. The summed E-state index contributed by atoms with van der Waals surface area (Å²) in [6, 6.07) is 0. The van der Waals surface area contributed by atoms with Crippen LogP contribution in [0, 0.1) is 0 Å². The Balaban J connectivity index is 0. The zero-order valence-electron chi connectivity index (χ0n) is 16.2. The van der Waals surface area contributed by atoms with Gasteiger partial charge in [-0.1, -0.05) is 0 Å². The fourth-order valence-electron chi connectivity index (χ4n) is 1.75. The Morgan fingerprint density at radius 1 is 0.692 bits per heavy atom. The minimum atomic E-state index is -2.08. The molecule has 9 nitrogen and oxygen atoms in total. The molecule has 0 spiro atoms. The molecule has 0 aromatic rings. The van der Waals surface area contributed by atoms with Gasteiger partial charge in [0.1, 0.15) is 5.78 Å². The van der Waals surface area contributed by atoms with E-state index in [1.165, 1.54) is 13.8 Å². The lowest BCUT2D eigenvalue weighted by molar-refractivity contribution is -0.190. The van der Waals surface area contributed by atoms with E-state index in [1.54, 1.807) is 20.8 Å². The third-order valence-corrected chi connectivity index (χ3v) is 2.46. The Morgan fingerprint density at radius 3 is 1.31 bits per heavy atom. The SMILES string of the molecule is CC(C)=O.CCOC(=O)CC(CC(=O)OCC)(OC(C)=O)C(=O)OCC. The van der Waals surface area contributed by atoms with E-state index in [0.717, 1.165) is 6.92 Å². The van der Waals surface area contributed by atoms with E-state index in [-0.39, 0.29) is 25.6 Å². The summed E-state index contributed by atoms with van der Waals surface area (Å²) in [5, 5.41) is 0. The molecule has 0 bridgehead atoms. The second-order valence-corrected chi connectivity index (χ2v) is 5.18. The molecule has 0 saturated carbocycles. The molecule has 150 valence electrons. The number of esters is 4. The zero-order valence-corrected chi connectivity index (χ0v) is 16.2. The number of rotatable bonds is 9. The van der Waals surface area contributed by atoms with Gasteiger partial charge in [0.25, 0.3) is 0 Å². The lowest BCUT2D eigenvalue weighted by Crippen LogP contribution is -2.48. The molecule has 0 N–H and O–H groups in total. The van der Waals surface area contributed by atoms with Gasteiger partial charge in [0, 0.05) is 6.92 Å². The summed E-state index contributed by atoms with van der Waals surface area (Å²) in [4.78, 5) is 56.4. The Hall–Kier alpha value is -2.45. The average Bonchev–Trinajstić information content (AvgIpc) is 2.46. The molecule has 0 radical (unpaired) electrons. The van der Waals surface area contributed by atoms with Crippen LogP contribution in [0.25, 0.3) is 0 Å². The van der Waals surface area contributed by atoms with Gasteiger partial charge in [-0.05, 0) is 34.6 Å². The number of carbonyl (C=O) groups excluding carboxylic acids is 5. The predicted molar refractivity (Wildman–Crippen MR) is 90.0 cm³/mol. The lowest BCUT2D eigenvalue weighted by atomic mass is 9.95. The molecule has 9 heteroatoms. The highest BCUT2D eigenvalue weighted by atomic mass is 16.6. The van der Waals surface area contributed by atoms with Crippen LogP contribution in [0.1, 0.15) is 54.4 Å². The maximum absolute atomic E-state index is 12.2. The number of ether oxygens (including phenoxy) is 4. The molecule has 0 saturated heterocycles. The van der Waals surface area contributed by atoms with Crippen LogP contribution in [0.4, 0.5) is 0 Å². The first-order chi connectivity index (χ1) is 12.0.